The van der Waals surface area contributed by atoms with Crippen LogP contribution >= 0.6 is 0 Å². The molecule has 0 aliphatic rings. The number of hydrogen-bond donors (Lipinski definition) is 4. The van der Waals surface area contributed by atoms with Gasteiger partial charge in [-0.2, -0.15) is 0 Å². The lowest BCUT2D eigenvalue weighted by Crippen LogP contribution is -2.48. The zero-order chi connectivity index (χ0) is 21.4. The van der Waals surface area contributed by atoms with Gasteiger partial charge in [0.15, 0.2) is 0 Å². The number of rotatable bonds is 8. The molecule has 7 nitrogen and oxygen atoms in total. The van der Waals surface area contributed by atoms with Crippen molar-refractivity contribution in [1.82, 2.24) is 16.0 Å². The van der Waals surface area contributed by atoms with Gasteiger partial charge in [-0.3, -0.25) is 4.79 Å². The van der Waals surface area contributed by atoms with E-state index in [9.17, 15) is 14.7 Å². The average molecular weight is 402 g/mol. The van der Waals surface area contributed by atoms with Crippen molar-refractivity contribution in [2.45, 2.75) is 44.9 Å². The first-order valence-corrected chi connectivity index (χ1v) is 9.75. The molecule has 0 saturated carbocycles. The minimum absolute atomic E-state index is 0.00983. The monoisotopic (exact) mass is 401 g/mol. The van der Waals surface area contributed by atoms with E-state index in [1.807, 2.05) is 36.4 Å². The number of carbonyl (C=O) groups is 2. The number of aliphatic hydroxyl groups excluding tert-OH is 1. The summed E-state index contributed by atoms with van der Waals surface area (Å²) < 4.78 is 5.11. The van der Waals surface area contributed by atoms with Gasteiger partial charge in [0, 0.05) is 13.1 Å². The van der Waals surface area contributed by atoms with Crippen LogP contribution in [0.4, 0.5) is 4.79 Å². The zero-order valence-corrected chi connectivity index (χ0v) is 17.5. The summed E-state index contributed by atoms with van der Waals surface area (Å²) in [6, 6.07) is 13.8. The molecule has 0 radical (unpaired) electrons. The summed E-state index contributed by atoms with van der Waals surface area (Å²) in [5.74, 6) is -0.211. The van der Waals surface area contributed by atoms with Crippen LogP contribution in [-0.2, 0) is 16.0 Å². The molecule has 7 heteroatoms. The molecule has 29 heavy (non-hydrogen) atoms. The van der Waals surface area contributed by atoms with E-state index in [0.29, 0.717) is 6.42 Å². The van der Waals surface area contributed by atoms with Gasteiger partial charge in [0.25, 0.3) is 0 Å². The maximum Gasteiger partial charge on any atom is 0.407 e. The van der Waals surface area contributed by atoms with Crippen LogP contribution in [0.5, 0.6) is 0 Å². The summed E-state index contributed by atoms with van der Waals surface area (Å²) in [4.78, 5) is 24.1. The van der Waals surface area contributed by atoms with Crippen molar-refractivity contribution in [3.63, 3.8) is 0 Å². The highest BCUT2D eigenvalue weighted by molar-refractivity contribution is 5.84. The van der Waals surface area contributed by atoms with Crippen LogP contribution in [-0.4, -0.2) is 55.0 Å². The predicted molar refractivity (Wildman–Crippen MR) is 114 cm³/mol. The van der Waals surface area contributed by atoms with Gasteiger partial charge in [0.2, 0.25) is 5.91 Å². The van der Waals surface area contributed by atoms with Crippen molar-refractivity contribution in [2.75, 3.05) is 20.1 Å². The largest absolute Gasteiger partial charge is 0.444 e. The maximum absolute atomic E-state index is 12.5. The highest BCUT2D eigenvalue weighted by Crippen LogP contribution is 2.16. The molecule has 0 bridgehead atoms. The molecule has 0 aliphatic carbocycles. The molecule has 0 aromatic heterocycles. The second-order valence-electron chi connectivity index (χ2n) is 8.01. The number of aliphatic hydroxyl groups is 1. The molecule has 0 spiro atoms. The van der Waals surface area contributed by atoms with Crippen molar-refractivity contribution in [3.05, 3.63) is 48.0 Å². The summed E-state index contributed by atoms with van der Waals surface area (Å²) in [5, 5.41) is 20.5. The first kappa shape index (κ1) is 22.6. The number of carbonyl (C=O) groups excluding carboxylic acids is 2. The molecule has 2 atom stereocenters. The van der Waals surface area contributed by atoms with Gasteiger partial charge in [-0.05, 0) is 50.6 Å². The van der Waals surface area contributed by atoms with Crippen LogP contribution in [0.1, 0.15) is 26.3 Å². The van der Waals surface area contributed by atoms with E-state index < -0.39 is 23.8 Å². The van der Waals surface area contributed by atoms with E-state index in [2.05, 4.69) is 22.0 Å². The molecule has 4 N–H and O–H groups in total. The molecule has 2 amide bonds. The first-order chi connectivity index (χ1) is 13.7. The van der Waals surface area contributed by atoms with E-state index in [1.165, 1.54) is 0 Å². The van der Waals surface area contributed by atoms with Crippen LogP contribution in [0.3, 0.4) is 0 Å². The van der Waals surface area contributed by atoms with Crippen molar-refractivity contribution in [1.29, 1.82) is 0 Å². The SMILES string of the molecule is CN[C@H](Cc1ccc2ccccc2c1)C(=O)NCC(O)CNC(=O)OC(C)(C)C. The Morgan fingerprint density at radius 3 is 2.34 bits per heavy atom. The maximum atomic E-state index is 12.5. The molecule has 1 unspecified atom stereocenters. The minimum atomic E-state index is -0.912. The van der Waals surface area contributed by atoms with Gasteiger partial charge >= 0.3 is 6.09 Å². The summed E-state index contributed by atoms with van der Waals surface area (Å²) in [7, 11) is 1.73. The van der Waals surface area contributed by atoms with Gasteiger partial charge in [-0.15, -0.1) is 0 Å². The van der Waals surface area contributed by atoms with Gasteiger partial charge in [0.05, 0.1) is 12.1 Å². The number of amides is 2. The third-order valence-electron chi connectivity index (χ3n) is 4.31. The summed E-state index contributed by atoms with van der Waals surface area (Å²) in [6.45, 7) is 5.30. The van der Waals surface area contributed by atoms with E-state index in [1.54, 1.807) is 27.8 Å². The molecule has 0 saturated heterocycles. The number of fused-ring (bicyclic) bond motifs is 1. The number of alkyl carbamates (subject to hydrolysis) is 1. The quantitative estimate of drug-likeness (QED) is 0.542. The third kappa shape index (κ3) is 7.71. The molecule has 2 aromatic rings. The highest BCUT2D eigenvalue weighted by Gasteiger charge is 2.19. The fourth-order valence-corrected chi connectivity index (χ4v) is 2.86. The molecule has 2 aromatic carbocycles. The number of nitrogens with one attached hydrogen (secondary N) is 3. The summed E-state index contributed by atoms with van der Waals surface area (Å²) in [6.07, 6.45) is -0.990. The number of hydrogen-bond acceptors (Lipinski definition) is 5. The van der Waals surface area contributed by atoms with E-state index in [4.69, 9.17) is 4.74 Å². The number of ether oxygens (including phenoxy) is 1. The topological polar surface area (TPSA) is 99.7 Å². The van der Waals surface area contributed by atoms with E-state index in [0.717, 1.165) is 16.3 Å². The fourth-order valence-electron chi connectivity index (χ4n) is 2.86. The number of benzene rings is 2. The van der Waals surface area contributed by atoms with Crippen molar-refractivity contribution >= 4 is 22.8 Å². The normalized spacial score (nSPS) is 13.6. The second kappa shape index (κ2) is 10.2. The fraction of sp³-hybridized carbons (Fsp3) is 0.455. The lowest BCUT2D eigenvalue weighted by atomic mass is 10.0. The van der Waals surface area contributed by atoms with Crippen LogP contribution in [0.2, 0.25) is 0 Å². The van der Waals surface area contributed by atoms with Crippen LogP contribution < -0.4 is 16.0 Å². The minimum Gasteiger partial charge on any atom is -0.444 e. The second-order valence-corrected chi connectivity index (χ2v) is 8.01. The zero-order valence-electron chi connectivity index (χ0n) is 17.5. The smallest absolute Gasteiger partial charge is 0.407 e. The third-order valence-corrected chi connectivity index (χ3v) is 4.31. The Labute approximate surface area is 171 Å². The van der Waals surface area contributed by atoms with E-state index in [-0.39, 0.29) is 19.0 Å². The Morgan fingerprint density at radius 1 is 1.03 bits per heavy atom. The standard InChI is InChI=1S/C22H31N3O4/c1-22(2,3)29-21(28)25-14-18(26)13-24-20(27)19(23-4)12-15-9-10-16-7-5-6-8-17(16)11-15/h5-11,18-19,23,26H,12-14H2,1-4H3,(H,24,27)(H,25,28)/t18?,19-/m1/s1. The highest BCUT2D eigenvalue weighted by atomic mass is 16.6. The van der Waals surface area contributed by atoms with Gasteiger partial charge in [-0.1, -0.05) is 42.5 Å². The van der Waals surface area contributed by atoms with Crippen LogP contribution in [0.25, 0.3) is 10.8 Å². The van der Waals surface area contributed by atoms with Crippen LogP contribution in [0.15, 0.2) is 42.5 Å². The Kier molecular flexibility index (Phi) is 7.99. The summed E-state index contributed by atoms with van der Waals surface area (Å²) >= 11 is 0. The number of likely N-dealkylation sites (N-methyl/N-ethyl adjacent to an activating group) is 1. The molecule has 0 heterocycles. The molecule has 0 fully saturated rings. The predicted octanol–water partition coefficient (Wildman–Crippen LogP) is 1.97. The Morgan fingerprint density at radius 2 is 1.69 bits per heavy atom. The average Bonchev–Trinajstić information content (AvgIpc) is 2.67. The van der Waals surface area contributed by atoms with Gasteiger partial charge in [-0.25, -0.2) is 4.79 Å². The Balaban J connectivity index is 1.82. The van der Waals surface area contributed by atoms with Crippen molar-refractivity contribution < 1.29 is 19.4 Å². The first-order valence-electron chi connectivity index (χ1n) is 9.75. The molecule has 2 rings (SSSR count). The Bertz CT molecular complexity index is 832. The molecular weight excluding hydrogens is 370 g/mol. The lowest BCUT2D eigenvalue weighted by molar-refractivity contribution is -0.123. The van der Waals surface area contributed by atoms with Gasteiger partial charge in [0.1, 0.15) is 5.60 Å². The van der Waals surface area contributed by atoms with Gasteiger partial charge < -0.3 is 25.8 Å². The lowest BCUT2D eigenvalue weighted by Gasteiger charge is -2.21. The Hall–Kier alpha value is -2.64. The van der Waals surface area contributed by atoms with Crippen molar-refractivity contribution in [3.8, 4) is 0 Å². The molecular formula is C22H31N3O4. The van der Waals surface area contributed by atoms with Crippen molar-refractivity contribution in [2.24, 2.45) is 0 Å². The summed E-state index contributed by atoms with van der Waals surface area (Å²) in [5.41, 5.74) is 0.441. The van der Waals surface area contributed by atoms with E-state index >= 15 is 0 Å². The molecule has 158 valence electrons. The molecule has 0 aliphatic heterocycles. The van der Waals surface area contributed by atoms with Crippen LogP contribution in [0, 0.1) is 0 Å².